The smallest absolute Gasteiger partial charge is 0.315 e. The zero-order valence-corrected chi connectivity index (χ0v) is 14.3. The number of rotatable bonds is 7. The molecule has 0 aliphatic rings. The number of hydrogen-bond donors (Lipinski definition) is 2. The molecule has 0 saturated heterocycles. The highest BCUT2D eigenvalue weighted by atomic mass is 16.6. The first-order chi connectivity index (χ1) is 12.5. The maximum Gasteiger partial charge on any atom is 0.315 e. The zero-order chi connectivity index (χ0) is 19.1. The SMILES string of the molecule is CCOc1c(OC)cc(/C=N\NC(=O)c2ccccc2N)cc1[N+](=O)[O-]. The number of nitrogens with zero attached hydrogens (tertiary/aromatic N) is 2. The lowest BCUT2D eigenvalue weighted by molar-refractivity contribution is -0.385. The molecule has 2 aromatic carbocycles. The second-order valence-electron chi connectivity index (χ2n) is 5.05. The van der Waals surface area contributed by atoms with E-state index in [-0.39, 0.29) is 29.4 Å². The summed E-state index contributed by atoms with van der Waals surface area (Å²) >= 11 is 0. The summed E-state index contributed by atoms with van der Waals surface area (Å²) in [5.41, 5.74) is 8.74. The molecule has 2 aromatic rings. The number of amides is 1. The Labute approximate surface area is 149 Å². The van der Waals surface area contributed by atoms with Gasteiger partial charge in [-0.2, -0.15) is 5.10 Å². The van der Waals surface area contributed by atoms with Crippen LogP contribution in [0.4, 0.5) is 11.4 Å². The molecule has 9 heteroatoms. The van der Waals surface area contributed by atoms with Crippen molar-refractivity contribution in [3.8, 4) is 11.5 Å². The summed E-state index contributed by atoms with van der Waals surface area (Å²) in [6, 6.07) is 9.34. The van der Waals surface area contributed by atoms with Crippen LogP contribution < -0.4 is 20.6 Å². The molecule has 0 radical (unpaired) electrons. The van der Waals surface area contributed by atoms with Gasteiger partial charge in [0, 0.05) is 17.3 Å². The number of carbonyl (C=O) groups is 1. The maximum atomic E-state index is 12.0. The van der Waals surface area contributed by atoms with E-state index in [0.29, 0.717) is 11.3 Å². The monoisotopic (exact) mass is 358 g/mol. The Kier molecular flexibility index (Phi) is 6.10. The Balaban J connectivity index is 2.24. The number of ether oxygens (including phenoxy) is 2. The number of nitrogens with one attached hydrogen (secondary N) is 1. The molecule has 136 valence electrons. The average molecular weight is 358 g/mol. The van der Waals surface area contributed by atoms with E-state index in [1.807, 2.05) is 0 Å². The topological polar surface area (TPSA) is 129 Å². The molecule has 0 aromatic heterocycles. The van der Waals surface area contributed by atoms with E-state index >= 15 is 0 Å². The Hall–Kier alpha value is -3.62. The second-order valence-corrected chi connectivity index (χ2v) is 5.05. The van der Waals surface area contributed by atoms with Gasteiger partial charge in [-0.3, -0.25) is 14.9 Å². The lowest BCUT2D eigenvalue weighted by Crippen LogP contribution is -2.19. The number of nitro groups is 1. The van der Waals surface area contributed by atoms with Crippen molar-refractivity contribution in [3.63, 3.8) is 0 Å². The number of para-hydroxylation sites is 1. The lowest BCUT2D eigenvalue weighted by atomic mass is 10.2. The fraction of sp³-hybridized carbons (Fsp3) is 0.176. The fourth-order valence-corrected chi connectivity index (χ4v) is 2.19. The highest BCUT2D eigenvalue weighted by molar-refractivity contribution is 5.99. The van der Waals surface area contributed by atoms with Gasteiger partial charge in [-0.25, -0.2) is 5.43 Å². The van der Waals surface area contributed by atoms with Gasteiger partial charge in [0.1, 0.15) is 0 Å². The molecule has 1 amide bonds. The first-order valence-corrected chi connectivity index (χ1v) is 7.65. The van der Waals surface area contributed by atoms with Crippen LogP contribution in [0, 0.1) is 10.1 Å². The van der Waals surface area contributed by atoms with E-state index in [4.69, 9.17) is 15.2 Å². The predicted molar refractivity (Wildman–Crippen MR) is 96.7 cm³/mol. The molecule has 3 N–H and O–H groups in total. The van der Waals surface area contributed by atoms with Crippen molar-refractivity contribution >= 4 is 23.5 Å². The normalized spacial score (nSPS) is 10.5. The molecule has 26 heavy (non-hydrogen) atoms. The standard InChI is InChI=1S/C17H18N4O5/c1-3-26-16-14(21(23)24)8-11(9-15(16)25-2)10-19-20-17(22)12-6-4-5-7-13(12)18/h4-10H,3,18H2,1-2H3,(H,20,22)/b19-10-. The van der Waals surface area contributed by atoms with Gasteiger partial charge in [-0.05, 0) is 25.1 Å². The third kappa shape index (κ3) is 4.26. The van der Waals surface area contributed by atoms with Crippen LogP contribution in [-0.2, 0) is 0 Å². The number of benzene rings is 2. The molecule has 0 fully saturated rings. The summed E-state index contributed by atoms with van der Waals surface area (Å²) in [5, 5.41) is 15.1. The Bertz CT molecular complexity index is 851. The van der Waals surface area contributed by atoms with Crippen LogP contribution >= 0.6 is 0 Å². The van der Waals surface area contributed by atoms with Gasteiger partial charge >= 0.3 is 5.69 Å². The first kappa shape index (κ1) is 18.7. The fourth-order valence-electron chi connectivity index (χ4n) is 2.19. The first-order valence-electron chi connectivity index (χ1n) is 7.65. The molecule has 0 aliphatic carbocycles. The minimum atomic E-state index is -0.575. The third-order valence-electron chi connectivity index (χ3n) is 3.35. The minimum absolute atomic E-state index is 0.0400. The number of anilines is 1. The Morgan fingerprint density at radius 1 is 1.38 bits per heavy atom. The van der Waals surface area contributed by atoms with Crippen molar-refractivity contribution in [3.05, 3.63) is 57.6 Å². The molecule has 0 unspecified atom stereocenters. The largest absolute Gasteiger partial charge is 0.493 e. The number of nitrogens with two attached hydrogens (primary N) is 1. The van der Waals surface area contributed by atoms with Crippen LogP contribution in [0.25, 0.3) is 0 Å². The van der Waals surface area contributed by atoms with E-state index < -0.39 is 10.8 Å². The van der Waals surface area contributed by atoms with Crippen LogP contribution in [0.5, 0.6) is 11.5 Å². The average Bonchev–Trinajstić information content (AvgIpc) is 2.62. The number of hydrazone groups is 1. The number of carbonyl (C=O) groups excluding carboxylic acids is 1. The van der Waals surface area contributed by atoms with E-state index in [0.717, 1.165) is 0 Å². The summed E-state index contributed by atoms with van der Waals surface area (Å²) in [7, 11) is 1.38. The van der Waals surface area contributed by atoms with Crippen molar-refractivity contribution < 1.29 is 19.2 Å². The summed E-state index contributed by atoms with van der Waals surface area (Å²) in [5.74, 6) is -0.258. The van der Waals surface area contributed by atoms with E-state index in [1.54, 1.807) is 31.2 Å². The van der Waals surface area contributed by atoms with E-state index in [2.05, 4.69) is 10.5 Å². The van der Waals surface area contributed by atoms with E-state index in [9.17, 15) is 14.9 Å². The molecule has 0 saturated carbocycles. The number of hydrogen-bond acceptors (Lipinski definition) is 7. The maximum absolute atomic E-state index is 12.0. The number of nitro benzene ring substituents is 1. The summed E-state index contributed by atoms with van der Waals surface area (Å²) in [4.78, 5) is 22.7. The summed E-state index contributed by atoms with van der Waals surface area (Å²) < 4.78 is 10.4. The van der Waals surface area contributed by atoms with Crippen molar-refractivity contribution in [2.45, 2.75) is 6.92 Å². The molecule has 0 spiro atoms. The van der Waals surface area contributed by atoms with Crippen LogP contribution in [0.1, 0.15) is 22.8 Å². The molecule has 0 aliphatic heterocycles. The third-order valence-corrected chi connectivity index (χ3v) is 3.35. The van der Waals surface area contributed by atoms with Gasteiger partial charge in [0.15, 0.2) is 5.75 Å². The van der Waals surface area contributed by atoms with Gasteiger partial charge in [0.25, 0.3) is 5.91 Å². The second kappa shape index (κ2) is 8.47. The lowest BCUT2D eigenvalue weighted by Gasteiger charge is -2.10. The zero-order valence-electron chi connectivity index (χ0n) is 14.3. The number of nitrogen functional groups attached to an aromatic ring is 1. The molecule has 9 nitrogen and oxygen atoms in total. The Morgan fingerprint density at radius 2 is 2.12 bits per heavy atom. The van der Waals surface area contributed by atoms with Crippen LogP contribution in [0.3, 0.4) is 0 Å². The van der Waals surface area contributed by atoms with Gasteiger partial charge < -0.3 is 15.2 Å². The van der Waals surface area contributed by atoms with Gasteiger partial charge in [0.2, 0.25) is 5.75 Å². The van der Waals surface area contributed by atoms with E-state index in [1.165, 1.54) is 25.5 Å². The number of methoxy groups -OCH3 is 1. The quantitative estimate of drug-likeness (QED) is 0.338. The van der Waals surface area contributed by atoms with Gasteiger partial charge in [-0.1, -0.05) is 12.1 Å². The van der Waals surface area contributed by atoms with Crippen LogP contribution in [-0.4, -0.2) is 30.8 Å². The highest BCUT2D eigenvalue weighted by Crippen LogP contribution is 2.37. The van der Waals surface area contributed by atoms with Crippen molar-refractivity contribution in [1.29, 1.82) is 0 Å². The van der Waals surface area contributed by atoms with Crippen LogP contribution in [0.15, 0.2) is 41.5 Å². The molecule has 0 bridgehead atoms. The predicted octanol–water partition coefficient (Wildman–Crippen LogP) is 2.35. The summed E-state index contributed by atoms with van der Waals surface area (Å²) in [6.07, 6.45) is 1.27. The van der Waals surface area contributed by atoms with Gasteiger partial charge in [-0.15, -0.1) is 0 Å². The Morgan fingerprint density at radius 3 is 2.73 bits per heavy atom. The molecule has 0 atom stereocenters. The minimum Gasteiger partial charge on any atom is -0.493 e. The molecular weight excluding hydrogens is 340 g/mol. The van der Waals surface area contributed by atoms with Gasteiger partial charge in [0.05, 0.1) is 30.4 Å². The van der Waals surface area contributed by atoms with Crippen LogP contribution in [0.2, 0.25) is 0 Å². The molecule has 2 rings (SSSR count). The summed E-state index contributed by atoms with van der Waals surface area (Å²) in [6.45, 7) is 1.96. The molecular formula is C17H18N4O5. The highest BCUT2D eigenvalue weighted by Gasteiger charge is 2.21. The van der Waals surface area contributed by atoms with Crippen molar-refractivity contribution in [2.75, 3.05) is 19.5 Å². The van der Waals surface area contributed by atoms with Crippen molar-refractivity contribution in [2.24, 2.45) is 5.10 Å². The molecule has 0 heterocycles. The van der Waals surface area contributed by atoms with Crippen molar-refractivity contribution in [1.82, 2.24) is 5.43 Å².